The lowest BCUT2D eigenvalue weighted by molar-refractivity contribution is -0.154. The zero-order chi connectivity index (χ0) is 14.9. The molecule has 1 aliphatic heterocycles. The lowest BCUT2D eigenvalue weighted by atomic mass is 9.91. The van der Waals surface area contributed by atoms with Gasteiger partial charge in [0.1, 0.15) is 4.88 Å². The molecule has 7 nitrogen and oxygen atoms in total. The molecule has 2 heterocycles. The smallest absolute Gasteiger partial charge is 0.334 e. The zero-order valence-corrected chi connectivity index (χ0v) is 12.4. The number of carbonyl (C=O) groups excluding carboxylic acids is 1. The summed E-state index contributed by atoms with van der Waals surface area (Å²) in [5.41, 5.74) is 0.363. The van der Waals surface area contributed by atoms with Gasteiger partial charge in [-0.25, -0.2) is 4.79 Å². The van der Waals surface area contributed by atoms with Gasteiger partial charge in [-0.15, -0.1) is 5.10 Å². The third kappa shape index (κ3) is 2.96. The van der Waals surface area contributed by atoms with Crippen LogP contribution in [0.3, 0.4) is 0 Å². The molecule has 1 fully saturated rings. The molecule has 20 heavy (non-hydrogen) atoms. The van der Waals surface area contributed by atoms with Crippen molar-refractivity contribution < 1.29 is 19.4 Å². The van der Waals surface area contributed by atoms with E-state index >= 15 is 0 Å². The SMILES string of the molecule is CC(C)(C)c1nnsc1C(=O)N1CCOC(C(=O)O)C1. The van der Waals surface area contributed by atoms with Crippen molar-refractivity contribution in [3.05, 3.63) is 10.6 Å². The van der Waals surface area contributed by atoms with Crippen LogP contribution in [0, 0.1) is 0 Å². The molecule has 0 radical (unpaired) electrons. The number of carboxylic acid groups (broad SMARTS) is 1. The minimum absolute atomic E-state index is 0.0512. The lowest BCUT2D eigenvalue weighted by Crippen LogP contribution is -2.48. The summed E-state index contributed by atoms with van der Waals surface area (Å²) >= 11 is 1.05. The molecule has 1 aromatic rings. The van der Waals surface area contributed by atoms with Gasteiger partial charge in [0, 0.05) is 12.0 Å². The van der Waals surface area contributed by atoms with Gasteiger partial charge in [-0.3, -0.25) is 4.79 Å². The molecular formula is C12H17N3O4S. The van der Waals surface area contributed by atoms with Crippen molar-refractivity contribution in [2.24, 2.45) is 0 Å². The van der Waals surface area contributed by atoms with Gasteiger partial charge in [0.2, 0.25) is 0 Å². The number of hydrogen-bond acceptors (Lipinski definition) is 6. The molecule has 2 rings (SSSR count). The topological polar surface area (TPSA) is 92.6 Å². The zero-order valence-electron chi connectivity index (χ0n) is 11.6. The van der Waals surface area contributed by atoms with E-state index in [0.717, 1.165) is 11.5 Å². The monoisotopic (exact) mass is 299 g/mol. The minimum atomic E-state index is -1.05. The van der Waals surface area contributed by atoms with Crippen LogP contribution >= 0.6 is 11.5 Å². The van der Waals surface area contributed by atoms with Crippen molar-refractivity contribution in [2.75, 3.05) is 19.7 Å². The van der Waals surface area contributed by atoms with Crippen LogP contribution in [0.4, 0.5) is 0 Å². The Kier molecular flexibility index (Phi) is 4.05. The number of aromatic nitrogens is 2. The normalized spacial score (nSPS) is 19.9. The maximum Gasteiger partial charge on any atom is 0.334 e. The summed E-state index contributed by atoms with van der Waals surface area (Å²) < 4.78 is 8.97. The molecule has 1 saturated heterocycles. The van der Waals surface area contributed by atoms with Crippen LogP contribution in [0.1, 0.15) is 36.1 Å². The van der Waals surface area contributed by atoms with Crippen LogP contribution in [-0.2, 0) is 14.9 Å². The molecule has 1 unspecified atom stereocenters. The van der Waals surface area contributed by atoms with E-state index < -0.39 is 12.1 Å². The Balaban J connectivity index is 2.20. The molecule has 1 aromatic heterocycles. The van der Waals surface area contributed by atoms with Crippen LogP contribution in [0.15, 0.2) is 0 Å². The number of hydrogen-bond donors (Lipinski definition) is 1. The van der Waals surface area contributed by atoms with Gasteiger partial charge in [-0.2, -0.15) is 0 Å². The van der Waals surface area contributed by atoms with E-state index in [0.29, 0.717) is 17.1 Å². The van der Waals surface area contributed by atoms with Crippen LogP contribution in [0.2, 0.25) is 0 Å². The second-order valence-electron chi connectivity index (χ2n) is 5.65. The highest BCUT2D eigenvalue weighted by molar-refractivity contribution is 7.08. The Morgan fingerprint density at radius 2 is 2.15 bits per heavy atom. The first-order valence-electron chi connectivity index (χ1n) is 6.27. The largest absolute Gasteiger partial charge is 0.479 e. The minimum Gasteiger partial charge on any atom is -0.479 e. The fourth-order valence-electron chi connectivity index (χ4n) is 1.95. The van der Waals surface area contributed by atoms with Gasteiger partial charge < -0.3 is 14.7 Å². The third-order valence-corrected chi connectivity index (χ3v) is 3.74. The fourth-order valence-corrected chi connectivity index (χ4v) is 2.79. The first-order valence-corrected chi connectivity index (χ1v) is 7.04. The number of amides is 1. The highest BCUT2D eigenvalue weighted by Crippen LogP contribution is 2.27. The van der Waals surface area contributed by atoms with Gasteiger partial charge in [-0.1, -0.05) is 25.3 Å². The summed E-state index contributed by atoms with van der Waals surface area (Å²) in [6, 6.07) is 0. The van der Waals surface area contributed by atoms with Crippen LogP contribution < -0.4 is 0 Å². The molecular weight excluding hydrogens is 282 g/mol. The fraction of sp³-hybridized carbons (Fsp3) is 0.667. The van der Waals surface area contributed by atoms with Crippen molar-refractivity contribution in [2.45, 2.75) is 32.3 Å². The van der Waals surface area contributed by atoms with Crippen molar-refractivity contribution in [1.29, 1.82) is 0 Å². The molecule has 1 aliphatic rings. The number of aliphatic carboxylic acids is 1. The van der Waals surface area contributed by atoms with E-state index in [1.807, 2.05) is 20.8 Å². The van der Waals surface area contributed by atoms with E-state index in [2.05, 4.69) is 9.59 Å². The Bertz CT molecular complexity index is 523. The highest BCUT2D eigenvalue weighted by Gasteiger charge is 2.33. The molecule has 8 heteroatoms. The number of carbonyl (C=O) groups is 2. The van der Waals surface area contributed by atoms with E-state index in [9.17, 15) is 9.59 Å². The van der Waals surface area contributed by atoms with Gasteiger partial charge in [-0.05, 0) is 11.5 Å². The van der Waals surface area contributed by atoms with Gasteiger partial charge in [0.05, 0.1) is 18.8 Å². The standard InChI is InChI=1S/C12H17N3O4S/c1-12(2,3)9-8(20-14-13-9)10(16)15-4-5-19-7(6-15)11(17)18/h7H,4-6H2,1-3H3,(H,17,18). The second kappa shape index (κ2) is 5.45. The van der Waals surface area contributed by atoms with Crippen molar-refractivity contribution >= 4 is 23.4 Å². The maximum atomic E-state index is 12.5. The average Bonchev–Trinajstić information content (AvgIpc) is 2.87. The number of rotatable bonds is 2. The molecule has 0 aliphatic carbocycles. The van der Waals surface area contributed by atoms with Gasteiger partial charge in [0.25, 0.3) is 5.91 Å². The molecule has 0 spiro atoms. The van der Waals surface area contributed by atoms with Crippen molar-refractivity contribution in [3.63, 3.8) is 0 Å². The van der Waals surface area contributed by atoms with Crippen molar-refractivity contribution in [3.8, 4) is 0 Å². The third-order valence-electron chi connectivity index (χ3n) is 3.02. The highest BCUT2D eigenvalue weighted by atomic mass is 32.1. The predicted molar refractivity (Wildman–Crippen MR) is 71.9 cm³/mol. The number of nitrogens with zero attached hydrogens (tertiary/aromatic N) is 3. The van der Waals surface area contributed by atoms with E-state index in [1.165, 1.54) is 4.90 Å². The molecule has 1 amide bonds. The number of ether oxygens (including phenoxy) is 1. The summed E-state index contributed by atoms with van der Waals surface area (Å²) in [4.78, 5) is 25.4. The summed E-state index contributed by atoms with van der Waals surface area (Å²) in [5, 5.41) is 13.0. The van der Waals surface area contributed by atoms with E-state index in [4.69, 9.17) is 9.84 Å². The van der Waals surface area contributed by atoms with Crippen LogP contribution in [0.5, 0.6) is 0 Å². The Morgan fingerprint density at radius 1 is 1.45 bits per heavy atom. The quantitative estimate of drug-likeness (QED) is 0.866. The molecule has 1 atom stereocenters. The van der Waals surface area contributed by atoms with Gasteiger partial charge in [0.15, 0.2) is 6.10 Å². The maximum absolute atomic E-state index is 12.5. The summed E-state index contributed by atoms with van der Waals surface area (Å²) in [6.07, 6.45) is -0.966. The number of morpholine rings is 1. The number of carboxylic acids is 1. The van der Waals surface area contributed by atoms with Gasteiger partial charge >= 0.3 is 5.97 Å². The molecule has 0 saturated carbocycles. The molecule has 0 aromatic carbocycles. The predicted octanol–water partition coefficient (Wildman–Crippen LogP) is 0.761. The lowest BCUT2D eigenvalue weighted by Gasteiger charge is -2.31. The molecule has 1 N–H and O–H groups in total. The van der Waals surface area contributed by atoms with E-state index in [1.54, 1.807) is 0 Å². The average molecular weight is 299 g/mol. The van der Waals surface area contributed by atoms with Crippen molar-refractivity contribution in [1.82, 2.24) is 14.5 Å². The first kappa shape index (κ1) is 14.9. The molecule has 110 valence electrons. The Morgan fingerprint density at radius 3 is 2.75 bits per heavy atom. The Hall–Kier alpha value is -1.54. The Labute approximate surface area is 120 Å². The van der Waals surface area contributed by atoms with Crippen LogP contribution in [0.25, 0.3) is 0 Å². The summed E-state index contributed by atoms with van der Waals surface area (Å²) in [5.74, 6) is -1.28. The summed E-state index contributed by atoms with van der Waals surface area (Å²) in [7, 11) is 0. The first-order chi connectivity index (χ1) is 9.30. The molecule has 0 bridgehead atoms. The second-order valence-corrected chi connectivity index (χ2v) is 6.40. The van der Waals surface area contributed by atoms with Crippen LogP contribution in [-0.4, -0.2) is 57.3 Å². The van der Waals surface area contributed by atoms with E-state index in [-0.39, 0.29) is 24.5 Å². The summed E-state index contributed by atoms with van der Waals surface area (Å²) in [6.45, 7) is 6.53.